The molecule has 18 heavy (non-hydrogen) atoms. The monoisotopic (exact) mass is 275 g/mol. The zero-order valence-corrected chi connectivity index (χ0v) is 11.1. The minimum atomic E-state index is -0.402. The van der Waals surface area contributed by atoms with E-state index < -0.39 is 6.03 Å². The highest BCUT2D eigenvalue weighted by Crippen LogP contribution is 2.17. The molecule has 0 radical (unpaired) electrons. The number of piperidine rings is 1. The second-order valence-electron chi connectivity index (χ2n) is 4.17. The molecule has 1 aliphatic heterocycles. The van der Waals surface area contributed by atoms with Gasteiger partial charge in [-0.25, -0.2) is 4.79 Å². The van der Waals surface area contributed by atoms with E-state index in [2.05, 4.69) is 10.6 Å². The zero-order chi connectivity index (χ0) is 13.5. The van der Waals surface area contributed by atoms with Crippen LogP contribution in [0.4, 0.5) is 4.79 Å². The van der Waals surface area contributed by atoms with Gasteiger partial charge in [0.25, 0.3) is 0 Å². The molecule has 0 spiro atoms. The molecular formula is C11H18ClN3O3. The average Bonchev–Trinajstić information content (AvgIpc) is 2.38. The van der Waals surface area contributed by atoms with Gasteiger partial charge in [0.2, 0.25) is 11.8 Å². The number of carbonyl (C=O) groups excluding carboxylic acids is 3. The summed E-state index contributed by atoms with van der Waals surface area (Å²) < 4.78 is 0. The summed E-state index contributed by atoms with van der Waals surface area (Å²) in [5, 5.41) is 4.87. The lowest BCUT2D eigenvalue weighted by Gasteiger charge is -2.30. The van der Waals surface area contributed by atoms with Crippen LogP contribution in [0.2, 0.25) is 0 Å². The molecule has 0 aliphatic carbocycles. The molecule has 0 aromatic rings. The Bertz CT molecular complexity index is 327. The normalized spacial score (nSPS) is 16.2. The number of carbonyl (C=O) groups is 3. The predicted octanol–water partition coefficient (Wildman–Crippen LogP) is 0.309. The summed E-state index contributed by atoms with van der Waals surface area (Å²) in [4.78, 5) is 35.8. The molecule has 1 fully saturated rings. The zero-order valence-electron chi connectivity index (χ0n) is 10.4. The van der Waals surface area contributed by atoms with Crippen molar-refractivity contribution >= 4 is 29.4 Å². The van der Waals surface area contributed by atoms with Gasteiger partial charge >= 0.3 is 6.03 Å². The van der Waals surface area contributed by atoms with E-state index in [-0.39, 0.29) is 30.0 Å². The lowest BCUT2D eigenvalue weighted by Crippen LogP contribution is -2.48. The summed E-state index contributed by atoms with van der Waals surface area (Å²) in [5.41, 5.74) is 0. The molecule has 1 saturated heterocycles. The van der Waals surface area contributed by atoms with Crippen molar-refractivity contribution in [1.29, 1.82) is 0 Å². The van der Waals surface area contributed by atoms with Crippen molar-refractivity contribution in [3.05, 3.63) is 0 Å². The first kappa shape index (κ1) is 14.8. The SMILES string of the molecule is CNC(=O)C1CCN(C(=O)NC(=O)CCCl)CC1. The van der Waals surface area contributed by atoms with Gasteiger partial charge in [0.1, 0.15) is 0 Å². The van der Waals surface area contributed by atoms with E-state index in [0.29, 0.717) is 25.9 Å². The standard InChI is InChI=1S/C11H18ClN3O3/c1-13-10(17)8-3-6-15(7-4-8)11(18)14-9(16)2-5-12/h8H,2-7H2,1H3,(H,13,17)(H,14,16,18). The molecule has 102 valence electrons. The maximum absolute atomic E-state index is 11.7. The number of amides is 4. The molecule has 0 aromatic carbocycles. The van der Waals surface area contributed by atoms with Crippen molar-refractivity contribution in [1.82, 2.24) is 15.5 Å². The van der Waals surface area contributed by atoms with Crippen LogP contribution in [0, 0.1) is 5.92 Å². The van der Waals surface area contributed by atoms with Gasteiger partial charge in [-0.15, -0.1) is 11.6 Å². The summed E-state index contributed by atoms with van der Waals surface area (Å²) in [6.07, 6.45) is 1.37. The van der Waals surface area contributed by atoms with Crippen molar-refractivity contribution in [2.45, 2.75) is 19.3 Å². The Labute approximate surface area is 111 Å². The first-order valence-corrected chi connectivity index (χ1v) is 6.48. The molecule has 4 amide bonds. The molecule has 0 aromatic heterocycles. The van der Waals surface area contributed by atoms with E-state index in [1.807, 2.05) is 0 Å². The number of nitrogens with one attached hydrogen (secondary N) is 2. The Morgan fingerprint density at radius 1 is 1.28 bits per heavy atom. The Morgan fingerprint density at radius 2 is 1.89 bits per heavy atom. The second-order valence-corrected chi connectivity index (χ2v) is 4.55. The van der Waals surface area contributed by atoms with Crippen LogP contribution in [0.5, 0.6) is 0 Å². The third-order valence-electron chi connectivity index (χ3n) is 2.97. The lowest BCUT2D eigenvalue weighted by molar-refractivity contribution is -0.126. The third kappa shape index (κ3) is 4.18. The van der Waals surface area contributed by atoms with Crippen molar-refractivity contribution in [3.63, 3.8) is 0 Å². The minimum absolute atomic E-state index is 0.00766. The van der Waals surface area contributed by atoms with E-state index in [1.54, 1.807) is 11.9 Å². The molecular weight excluding hydrogens is 258 g/mol. The van der Waals surface area contributed by atoms with Gasteiger partial charge in [-0.2, -0.15) is 0 Å². The van der Waals surface area contributed by atoms with Crippen LogP contribution in [-0.4, -0.2) is 48.8 Å². The van der Waals surface area contributed by atoms with Crippen molar-refractivity contribution < 1.29 is 14.4 Å². The molecule has 2 N–H and O–H groups in total. The fourth-order valence-corrected chi connectivity index (χ4v) is 2.07. The van der Waals surface area contributed by atoms with Gasteiger partial charge < -0.3 is 10.2 Å². The van der Waals surface area contributed by atoms with Crippen LogP contribution in [0.15, 0.2) is 0 Å². The van der Waals surface area contributed by atoms with Crippen LogP contribution in [0.1, 0.15) is 19.3 Å². The molecule has 0 atom stereocenters. The maximum Gasteiger partial charge on any atom is 0.324 e. The Morgan fingerprint density at radius 3 is 2.39 bits per heavy atom. The van der Waals surface area contributed by atoms with Crippen LogP contribution >= 0.6 is 11.6 Å². The topological polar surface area (TPSA) is 78.5 Å². The van der Waals surface area contributed by atoms with Crippen molar-refractivity contribution in [3.8, 4) is 0 Å². The third-order valence-corrected chi connectivity index (χ3v) is 3.16. The number of urea groups is 1. The maximum atomic E-state index is 11.7. The summed E-state index contributed by atoms with van der Waals surface area (Å²) >= 11 is 5.41. The number of nitrogens with zero attached hydrogens (tertiary/aromatic N) is 1. The highest BCUT2D eigenvalue weighted by Gasteiger charge is 2.27. The average molecular weight is 276 g/mol. The Kier molecular flexibility index (Phi) is 5.91. The lowest BCUT2D eigenvalue weighted by atomic mass is 9.96. The van der Waals surface area contributed by atoms with Gasteiger partial charge in [0, 0.05) is 38.4 Å². The Hall–Kier alpha value is -1.30. The van der Waals surface area contributed by atoms with E-state index >= 15 is 0 Å². The first-order chi connectivity index (χ1) is 8.58. The van der Waals surface area contributed by atoms with E-state index in [0.717, 1.165) is 0 Å². The molecule has 7 heteroatoms. The van der Waals surface area contributed by atoms with Crippen LogP contribution in [0.25, 0.3) is 0 Å². The van der Waals surface area contributed by atoms with Gasteiger partial charge in [0.05, 0.1) is 0 Å². The first-order valence-electron chi connectivity index (χ1n) is 5.94. The minimum Gasteiger partial charge on any atom is -0.359 e. The van der Waals surface area contributed by atoms with E-state index in [4.69, 9.17) is 11.6 Å². The number of hydrogen-bond donors (Lipinski definition) is 2. The number of alkyl halides is 1. The molecule has 0 bridgehead atoms. The van der Waals surface area contributed by atoms with Crippen molar-refractivity contribution in [2.75, 3.05) is 26.0 Å². The van der Waals surface area contributed by atoms with Crippen molar-refractivity contribution in [2.24, 2.45) is 5.92 Å². The molecule has 1 rings (SSSR count). The van der Waals surface area contributed by atoms with E-state index in [1.165, 1.54) is 0 Å². The largest absolute Gasteiger partial charge is 0.359 e. The molecule has 6 nitrogen and oxygen atoms in total. The summed E-state index contributed by atoms with van der Waals surface area (Å²) in [6, 6.07) is -0.402. The number of imide groups is 1. The Balaban J connectivity index is 2.36. The van der Waals surface area contributed by atoms with Gasteiger partial charge in [-0.3, -0.25) is 14.9 Å². The van der Waals surface area contributed by atoms with Gasteiger partial charge in [-0.1, -0.05) is 0 Å². The fraction of sp³-hybridized carbons (Fsp3) is 0.727. The van der Waals surface area contributed by atoms with Crippen LogP contribution in [0.3, 0.4) is 0 Å². The number of rotatable bonds is 3. The van der Waals surface area contributed by atoms with Gasteiger partial charge in [-0.05, 0) is 12.8 Å². The number of likely N-dealkylation sites (tertiary alicyclic amines) is 1. The summed E-state index contributed by atoms with van der Waals surface area (Å²) in [5.74, 6) is -0.216. The molecule has 0 unspecified atom stereocenters. The molecule has 0 saturated carbocycles. The fourth-order valence-electron chi connectivity index (χ4n) is 1.90. The highest BCUT2D eigenvalue weighted by atomic mass is 35.5. The number of halogens is 1. The molecule has 1 heterocycles. The highest BCUT2D eigenvalue weighted by molar-refractivity contribution is 6.19. The van der Waals surface area contributed by atoms with Gasteiger partial charge in [0.15, 0.2) is 0 Å². The van der Waals surface area contributed by atoms with Crippen LogP contribution < -0.4 is 10.6 Å². The van der Waals surface area contributed by atoms with Crippen LogP contribution in [-0.2, 0) is 9.59 Å². The number of hydrogen-bond acceptors (Lipinski definition) is 3. The summed E-state index contributed by atoms with van der Waals surface area (Å²) in [7, 11) is 1.60. The van der Waals surface area contributed by atoms with E-state index in [9.17, 15) is 14.4 Å². The molecule has 1 aliphatic rings. The summed E-state index contributed by atoms with van der Waals surface area (Å²) in [6.45, 7) is 0.968. The second kappa shape index (κ2) is 7.20. The predicted molar refractivity (Wildman–Crippen MR) is 67.2 cm³/mol. The smallest absolute Gasteiger partial charge is 0.324 e. The quantitative estimate of drug-likeness (QED) is 0.728.